The van der Waals surface area contributed by atoms with Crippen molar-refractivity contribution in [2.24, 2.45) is 0 Å². The molecule has 0 unspecified atom stereocenters. The summed E-state index contributed by atoms with van der Waals surface area (Å²) in [5.74, 6) is 0. The minimum absolute atomic E-state index is 0.814. The average molecular weight is 243 g/mol. The van der Waals surface area contributed by atoms with Crippen LogP contribution in [0.25, 0.3) is 11.6 Å². The lowest BCUT2D eigenvalue weighted by Gasteiger charge is -1.96. The highest BCUT2D eigenvalue weighted by Crippen LogP contribution is 2.33. The standard InChI is InChI=1S/C13H9NS2/c15-13-11(8-9-4-3-7-16-9)10-5-1-2-6-12(10)14-13/h1-8H,(H,14,15)/b11-8+. The average Bonchev–Trinajstić information content (AvgIpc) is 2.89. The number of thiophene rings is 1. The van der Waals surface area contributed by atoms with E-state index in [4.69, 9.17) is 12.2 Å². The molecule has 1 aliphatic heterocycles. The number of nitrogens with one attached hydrogen (secondary N) is 1. The molecule has 0 spiro atoms. The Kier molecular flexibility index (Phi) is 2.35. The predicted octanol–water partition coefficient (Wildman–Crippen LogP) is 4.04. The molecule has 3 heteroatoms. The van der Waals surface area contributed by atoms with Crippen molar-refractivity contribution < 1.29 is 0 Å². The molecule has 1 nitrogen and oxygen atoms in total. The molecule has 0 saturated carbocycles. The first-order valence-corrected chi connectivity index (χ1v) is 6.29. The minimum atomic E-state index is 0.814. The van der Waals surface area contributed by atoms with Gasteiger partial charge in [0.05, 0.1) is 0 Å². The third-order valence-electron chi connectivity index (χ3n) is 2.54. The van der Waals surface area contributed by atoms with Crippen molar-refractivity contribution in [2.75, 3.05) is 5.32 Å². The van der Waals surface area contributed by atoms with Crippen molar-refractivity contribution in [3.63, 3.8) is 0 Å². The number of rotatable bonds is 1. The van der Waals surface area contributed by atoms with E-state index < -0.39 is 0 Å². The number of fused-ring (bicyclic) bond motifs is 1. The van der Waals surface area contributed by atoms with E-state index in [-0.39, 0.29) is 0 Å². The van der Waals surface area contributed by atoms with Crippen molar-refractivity contribution >= 4 is 45.9 Å². The third-order valence-corrected chi connectivity index (χ3v) is 3.68. The van der Waals surface area contributed by atoms with E-state index in [0.29, 0.717) is 0 Å². The van der Waals surface area contributed by atoms with Crippen LogP contribution in [0.1, 0.15) is 10.4 Å². The highest BCUT2D eigenvalue weighted by atomic mass is 32.1. The van der Waals surface area contributed by atoms with E-state index >= 15 is 0 Å². The Labute approximate surface area is 103 Å². The molecule has 0 atom stereocenters. The quantitative estimate of drug-likeness (QED) is 0.599. The van der Waals surface area contributed by atoms with Crippen LogP contribution in [-0.4, -0.2) is 4.99 Å². The number of hydrogen-bond acceptors (Lipinski definition) is 2. The Bertz CT molecular complexity index is 567. The van der Waals surface area contributed by atoms with Crippen LogP contribution in [0.3, 0.4) is 0 Å². The molecule has 0 amide bonds. The number of anilines is 1. The first-order valence-electron chi connectivity index (χ1n) is 5.00. The maximum absolute atomic E-state index is 5.34. The smallest absolute Gasteiger partial charge is 0.111 e. The highest BCUT2D eigenvalue weighted by Gasteiger charge is 2.19. The van der Waals surface area contributed by atoms with Gasteiger partial charge in [0.2, 0.25) is 0 Å². The fourth-order valence-corrected chi connectivity index (χ4v) is 2.73. The van der Waals surface area contributed by atoms with Crippen LogP contribution < -0.4 is 5.32 Å². The zero-order chi connectivity index (χ0) is 11.0. The maximum Gasteiger partial charge on any atom is 0.111 e. The van der Waals surface area contributed by atoms with Crippen LogP contribution in [0.2, 0.25) is 0 Å². The van der Waals surface area contributed by atoms with Gasteiger partial charge >= 0.3 is 0 Å². The molecule has 2 aromatic rings. The Morgan fingerprint density at radius 1 is 1.12 bits per heavy atom. The number of para-hydroxylation sites is 1. The Morgan fingerprint density at radius 2 is 2.00 bits per heavy atom. The van der Waals surface area contributed by atoms with E-state index in [9.17, 15) is 0 Å². The van der Waals surface area contributed by atoms with Crippen molar-refractivity contribution in [1.29, 1.82) is 0 Å². The zero-order valence-electron chi connectivity index (χ0n) is 8.44. The van der Waals surface area contributed by atoms with Crippen LogP contribution in [0.5, 0.6) is 0 Å². The molecule has 0 saturated heterocycles. The fraction of sp³-hybridized carbons (Fsp3) is 0. The van der Waals surface area contributed by atoms with Gasteiger partial charge in [-0.25, -0.2) is 0 Å². The monoisotopic (exact) mass is 243 g/mol. The summed E-state index contributed by atoms with van der Waals surface area (Å²) in [7, 11) is 0. The summed E-state index contributed by atoms with van der Waals surface area (Å²) in [6.07, 6.45) is 2.14. The topological polar surface area (TPSA) is 12.0 Å². The van der Waals surface area contributed by atoms with Crippen molar-refractivity contribution in [3.8, 4) is 0 Å². The van der Waals surface area contributed by atoms with Gasteiger partial charge in [0.15, 0.2) is 0 Å². The largest absolute Gasteiger partial charge is 0.346 e. The van der Waals surface area contributed by atoms with Gasteiger partial charge < -0.3 is 5.32 Å². The molecule has 1 aromatic carbocycles. The molecule has 78 valence electrons. The van der Waals surface area contributed by atoms with Crippen molar-refractivity contribution in [3.05, 3.63) is 52.2 Å². The van der Waals surface area contributed by atoms with Gasteiger partial charge in [0, 0.05) is 21.7 Å². The Hall–Kier alpha value is -1.45. The van der Waals surface area contributed by atoms with E-state index in [2.05, 4.69) is 35.0 Å². The van der Waals surface area contributed by atoms with Crippen LogP contribution in [0.4, 0.5) is 5.69 Å². The summed E-state index contributed by atoms with van der Waals surface area (Å²) in [5.41, 5.74) is 3.42. The molecular formula is C13H9NS2. The summed E-state index contributed by atoms with van der Waals surface area (Å²) in [6.45, 7) is 0. The number of hydrogen-bond donors (Lipinski definition) is 1. The second kappa shape index (κ2) is 3.85. The number of thiocarbonyl (C=S) groups is 1. The van der Waals surface area contributed by atoms with Gasteiger partial charge in [0.1, 0.15) is 4.99 Å². The molecule has 0 bridgehead atoms. The van der Waals surface area contributed by atoms with Gasteiger partial charge in [-0.15, -0.1) is 11.3 Å². The van der Waals surface area contributed by atoms with Gasteiger partial charge in [-0.1, -0.05) is 36.5 Å². The molecule has 2 heterocycles. The minimum Gasteiger partial charge on any atom is -0.346 e. The van der Waals surface area contributed by atoms with E-state index in [1.165, 1.54) is 10.4 Å². The zero-order valence-corrected chi connectivity index (χ0v) is 10.1. The SMILES string of the molecule is S=C1Nc2ccccc2/C1=C\c1cccs1. The molecule has 1 aromatic heterocycles. The highest BCUT2D eigenvalue weighted by molar-refractivity contribution is 7.81. The van der Waals surface area contributed by atoms with E-state index in [0.717, 1.165) is 16.2 Å². The summed E-state index contributed by atoms with van der Waals surface area (Å²) in [6, 6.07) is 12.4. The van der Waals surface area contributed by atoms with Crippen molar-refractivity contribution in [1.82, 2.24) is 0 Å². The summed E-state index contributed by atoms with van der Waals surface area (Å²) in [4.78, 5) is 2.05. The summed E-state index contributed by atoms with van der Waals surface area (Å²) >= 11 is 7.07. The third kappa shape index (κ3) is 1.58. The fourth-order valence-electron chi connectivity index (χ4n) is 1.80. The second-order valence-electron chi connectivity index (χ2n) is 3.57. The first-order chi connectivity index (χ1) is 7.84. The molecular weight excluding hydrogens is 234 g/mol. The van der Waals surface area contributed by atoms with Gasteiger partial charge in [-0.3, -0.25) is 0 Å². The molecule has 16 heavy (non-hydrogen) atoms. The Balaban J connectivity index is 2.12. The lowest BCUT2D eigenvalue weighted by atomic mass is 10.1. The predicted molar refractivity (Wildman–Crippen MR) is 74.9 cm³/mol. The lowest BCUT2D eigenvalue weighted by molar-refractivity contribution is 1.66. The molecule has 0 radical (unpaired) electrons. The Morgan fingerprint density at radius 3 is 2.81 bits per heavy atom. The molecule has 0 fully saturated rings. The normalized spacial score (nSPS) is 16.2. The van der Waals surface area contributed by atoms with E-state index in [1.807, 2.05) is 18.2 Å². The molecule has 0 aliphatic carbocycles. The van der Waals surface area contributed by atoms with Gasteiger partial charge in [-0.2, -0.15) is 0 Å². The molecule has 1 aliphatic rings. The molecule has 1 N–H and O–H groups in total. The van der Waals surface area contributed by atoms with Crippen LogP contribution in [0.15, 0.2) is 41.8 Å². The maximum atomic E-state index is 5.34. The summed E-state index contributed by atoms with van der Waals surface area (Å²) < 4.78 is 0. The first kappa shape index (κ1) is 9.75. The van der Waals surface area contributed by atoms with Crippen LogP contribution >= 0.6 is 23.6 Å². The van der Waals surface area contributed by atoms with Crippen molar-refractivity contribution in [2.45, 2.75) is 0 Å². The van der Waals surface area contributed by atoms with Gasteiger partial charge in [-0.05, 0) is 23.6 Å². The van der Waals surface area contributed by atoms with E-state index in [1.54, 1.807) is 11.3 Å². The summed E-state index contributed by atoms with van der Waals surface area (Å²) in [5, 5.41) is 5.30. The van der Waals surface area contributed by atoms with Gasteiger partial charge in [0.25, 0.3) is 0 Å². The van der Waals surface area contributed by atoms with Crippen LogP contribution in [0, 0.1) is 0 Å². The van der Waals surface area contributed by atoms with Crippen LogP contribution in [-0.2, 0) is 0 Å². The number of benzene rings is 1. The molecule has 3 rings (SSSR count). The lowest BCUT2D eigenvalue weighted by Crippen LogP contribution is -2.00. The second-order valence-corrected chi connectivity index (χ2v) is 4.96.